The zero-order valence-corrected chi connectivity index (χ0v) is 21.2. The summed E-state index contributed by atoms with van der Waals surface area (Å²) in [4.78, 5) is 30.5. The number of hydrogen-bond acceptors (Lipinski definition) is 4. The van der Waals surface area contributed by atoms with Crippen LogP contribution < -0.4 is 4.74 Å². The van der Waals surface area contributed by atoms with Crippen LogP contribution in [0.1, 0.15) is 49.9 Å². The highest BCUT2D eigenvalue weighted by Gasteiger charge is 2.32. The summed E-state index contributed by atoms with van der Waals surface area (Å²) in [6.07, 6.45) is -1.86. The van der Waals surface area contributed by atoms with Gasteiger partial charge >= 0.3 is 12.3 Å². The Hall–Kier alpha value is -3.27. The number of carboxylic acid groups (broad SMARTS) is 1. The van der Waals surface area contributed by atoms with Crippen molar-refractivity contribution in [3.05, 3.63) is 58.4 Å². The number of carbonyl (C=O) groups excluding carboxylic acids is 1. The van der Waals surface area contributed by atoms with Gasteiger partial charge in [-0.1, -0.05) is 31.5 Å². The number of aliphatic carboxylic acids is 1. The molecule has 37 heavy (non-hydrogen) atoms. The smallest absolute Gasteiger partial charge is 0.481 e. The number of halogens is 4. The number of benzene rings is 1. The van der Waals surface area contributed by atoms with E-state index in [0.717, 1.165) is 22.3 Å². The lowest BCUT2D eigenvalue weighted by atomic mass is 9.84. The van der Waals surface area contributed by atoms with Gasteiger partial charge in [0, 0.05) is 36.8 Å². The first-order valence-electron chi connectivity index (χ1n) is 11.8. The van der Waals surface area contributed by atoms with Crippen molar-refractivity contribution in [3.63, 3.8) is 0 Å². The van der Waals surface area contributed by atoms with Crippen LogP contribution in [-0.2, 0) is 29.1 Å². The van der Waals surface area contributed by atoms with E-state index in [2.05, 4.69) is 9.72 Å². The molecule has 0 unspecified atom stereocenters. The monoisotopic (exact) mass is 537 g/mol. The van der Waals surface area contributed by atoms with E-state index in [4.69, 9.17) is 16.7 Å². The number of alkyl halides is 3. The van der Waals surface area contributed by atoms with Crippen molar-refractivity contribution >= 4 is 34.5 Å². The fourth-order valence-electron chi connectivity index (χ4n) is 4.78. The third-order valence-corrected chi connectivity index (χ3v) is 6.87. The molecule has 7 nitrogen and oxygen atoms in total. The van der Waals surface area contributed by atoms with Crippen LogP contribution in [0, 0.1) is 5.41 Å². The van der Waals surface area contributed by atoms with Gasteiger partial charge in [-0.05, 0) is 53.6 Å². The largest absolute Gasteiger partial charge is 0.573 e. The van der Waals surface area contributed by atoms with E-state index < -0.39 is 23.5 Å². The predicted molar refractivity (Wildman–Crippen MR) is 131 cm³/mol. The number of carbonyl (C=O) groups is 2. The summed E-state index contributed by atoms with van der Waals surface area (Å²) >= 11 is 6.07. The maximum Gasteiger partial charge on any atom is 0.573 e. The Morgan fingerprint density at radius 1 is 1.22 bits per heavy atom. The topological polar surface area (TPSA) is 84.7 Å². The van der Waals surface area contributed by atoms with Crippen molar-refractivity contribution in [1.29, 1.82) is 0 Å². The SMILES string of the molecule is CC(C)(CCC(=O)N1CCc2c(n(Cc3ccc(OC(F)(F)F)c(Cl)c3)c3ncccc23)C1)CC(=O)O. The number of ether oxygens (including phenoxy) is 1. The van der Waals surface area contributed by atoms with Gasteiger partial charge in [0.1, 0.15) is 11.4 Å². The molecule has 4 rings (SSSR count). The van der Waals surface area contributed by atoms with Gasteiger partial charge < -0.3 is 19.3 Å². The van der Waals surface area contributed by atoms with Gasteiger partial charge in [-0.15, -0.1) is 13.2 Å². The van der Waals surface area contributed by atoms with Crippen molar-refractivity contribution in [1.82, 2.24) is 14.5 Å². The van der Waals surface area contributed by atoms with Gasteiger partial charge in [0.2, 0.25) is 5.91 Å². The molecule has 1 aromatic carbocycles. The summed E-state index contributed by atoms with van der Waals surface area (Å²) in [6.45, 7) is 4.86. The fraction of sp³-hybridized carbons (Fsp3) is 0.423. The van der Waals surface area contributed by atoms with Crippen LogP contribution in [-0.4, -0.2) is 44.3 Å². The van der Waals surface area contributed by atoms with E-state index in [1.807, 2.05) is 30.5 Å². The predicted octanol–water partition coefficient (Wildman–Crippen LogP) is 5.80. The van der Waals surface area contributed by atoms with Gasteiger partial charge in [0.25, 0.3) is 0 Å². The average molecular weight is 538 g/mol. The van der Waals surface area contributed by atoms with Crippen LogP contribution >= 0.6 is 11.6 Å². The Kier molecular flexibility index (Phi) is 7.41. The first-order chi connectivity index (χ1) is 17.3. The van der Waals surface area contributed by atoms with E-state index in [9.17, 15) is 22.8 Å². The summed E-state index contributed by atoms with van der Waals surface area (Å²) in [5.74, 6) is -1.42. The second-order valence-corrected chi connectivity index (χ2v) is 10.4. The Labute approximate surface area is 216 Å². The minimum absolute atomic E-state index is 0.0142. The molecule has 0 spiro atoms. The number of carboxylic acids is 1. The van der Waals surface area contributed by atoms with Gasteiger partial charge in [-0.25, -0.2) is 4.98 Å². The number of amides is 1. The maximum absolute atomic E-state index is 13.1. The molecule has 3 heterocycles. The van der Waals surface area contributed by atoms with Crippen LogP contribution in [0.2, 0.25) is 5.02 Å². The van der Waals surface area contributed by atoms with Crippen LogP contribution in [0.15, 0.2) is 36.5 Å². The molecule has 1 N–H and O–H groups in total. The lowest BCUT2D eigenvalue weighted by Gasteiger charge is -2.30. The summed E-state index contributed by atoms with van der Waals surface area (Å²) in [5, 5.41) is 9.92. The minimum Gasteiger partial charge on any atom is -0.481 e. The summed E-state index contributed by atoms with van der Waals surface area (Å²) in [6, 6.07) is 7.95. The molecule has 0 atom stereocenters. The van der Waals surface area contributed by atoms with E-state index in [-0.39, 0.29) is 23.8 Å². The first kappa shape index (κ1) is 26.8. The van der Waals surface area contributed by atoms with Crippen molar-refractivity contribution in [2.75, 3.05) is 6.54 Å². The second-order valence-electron chi connectivity index (χ2n) is 10.00. The molecule has 11 heteroatoms. The number of hydrogen-bond donors (Lipinski definition) is 1. The Morgan fingerprint density at radius 2 is 1.97 bits per heavy atom. The van der Waals surface area contributed by atoms with Crippen LogP contribution in [0.4, 0.5) is 13.2 Å². The number of nitrogens with zero attached hydrogens (tertiary/aromatic N) is 3. The van der Waals surface area contributed by atoms with Gasteiger partial charge in [-0.3, -0.25) is 9.59 Å². The highest BCUT2D eigenvalue weighted by Crippen LogP contribution is 2.34. The molecule has 0 fully saturated rings. The molecular weight excluding hydrogens is 511 g/mol. The summed E-state index contributed by atoms with van der Waals surface area (Å²) in [5.41, 5.74) is 2.87. The number of rotatable bonds is 8. The summed E-state index contributed by atoms with van der Waals surface area (Å²) < 4.78 is 43.8. The number of fused-ring (bicyclic) bond motifs is 3. The molecule has 2 aromatic heterocycles. The molecule has 1 aliphatic heterocycles. The maximum atomic E-state index is 13.1. The van der Waals surface area contributed by atoms with Crippen molar-refractivity contribution in [2.45, 2.75) is 59.0 Å². The second kappa shape index (κ2) is 10.2. The zero-order chi connectivity index (χ0) is 27.0. The molecule has 198 valence electrons. The molecule has 3 aromatic rings. The van der Waals surface area contributed by atoms with Gasteiger partial charge in [0.15, 0.2) is 0 Å². The number of pyridine rings is 1. The Bertz CT molecular complexity index is 1340. The molecule has 0 aliphatic carbocycles. The quantitative estimate of drug-likeness (QED) is 0.392. The molecule has 1 aliphatic rings. The zero-order valence-electron chi connectivity index (χ0n) is 20.4. The standard InChI is InChI=1S/C26H27ClF3N3O4/c1-25(2,13-23(35)36)9-7-22(34)32-11-8-17-18-4-3-10-31-24(18)33(20(17)15-32)14-16-5-6-21(19(27)12-16)37-26(28,29)30/h3-6,10,12H,7-9,11,13-15H2,1-2H3,(H,35,36). The van der Waals surface area contributed by atoms with Crippen molar-refractivity contribution in [2.24, 2.45) is 5.41 Å². The third kappa shape index (κ3) is 6.36. The van der Waals surface area contributed by atoms with Gasteiger partial charge in [-0.2, -0.15) is 0 Å². The van der Waals surface area contributed by atoms with E-state index in [1.165, 1.54) is 18.2 Å². The van der Waals surface area contributed by atoms with Crippen LogP contribution in [0.3, 0.4) is 0 Å². The average Bonchev–Trinajstić information content (AvgIpc) is 3.11. The Balaban J connectivity index is 1.58. The molecule has 0 saturated carbocycles. The normalized spacial score (nSPS) is 14.1. The number of aromatic nitrogens is 2. The van der Waals surface area contributed by atoms with Gasteiger partial charge in [0.05, 0.1) is 18.0 Å². The highest BCUT2D eigenvalue weighted by atomic mass is 35.5. The minimum atomic E-state index is -4.84. The molecule has 0 radical (unpaired) electrons. The van der Waals surface area contributed by atoms with E-state index in [0.29, 0.717) is 38.0 Å². The molecule has 1 amide bonds. The molecule has 0 bridgehead atoms. The highest BCUT2D eigenvalue weighted by molar-refractivity contribution is 6.32. The van der Waals surface area contributed by atoms with Crippen molar-refractivity contribution in [3.8, 4) is 5.75 Å². The first-order valence-corrected chi connectivity index (χ1v) is 12.2. The Morgan fingerprint density at radius 3 is 2.65 bits per heavy atom. The van der Waals surface area contributed by atoms with Crippen molar-refractivity contribution < 1.29 is 32.6 Å². The van der Waals surface area contributed by atoms with E-state index >= 15 is 0 Å². The third-order valence-electron chi connectivity index (χ3n) is 6.57. The summed E-state index contributed by atoms with van der Waals surface area (Å²) in [7, 11) is 0. The lowest BCUT2D eigenvalue weighted by molar-refractivity contribution is -0.274. The molecule has 0 saturated heterocycles. The fourth-order valence-corrected chi connectivity index (χ4v) is 5.02. The van der Waals surface area contributed by atoms with E-state index in [1.54, 1.807) is 11.1 Å². The molecular formula is C26H27ClF3N3O4. The lowest BCUT2D eigenvalue weighted by Crippen LogP contribution is -2.37. The van der Waals surface area contributed by atoms with Crippen LogP contribution in [0.5, 0.6) is 5.75 Å². The van der Waals surface area contributed by atoms with Crippen LogP contribution in [0.25, 0.3) is 11.0 Å².